The Hall–Kier alpha value is -1.79. The fourth-order valence-corrected chi connectivity index (χ4v) is 2.19. The van der Waals surface area contributed by atoms with Gasteiger partial charge in [0.1, 0.15) is 0 Å². The first kappa shape index (κ1) is 15.6. The van der Waals surface area contributed by atoms with E-state index in [1.165, 1.54) is 0 Å². The van der Waals surface area contributed by atoms with Gasteiger partial charge in [0.05, 0.1) is 0 Å². The summed E-state index contributed by atoms with van der Waals surface area (Å²) in [6.45, 7) is 4.03. The van der Waals surface area contributed by atoms with E-state index in [-0.39, 0.29) is 11.9 Å². The molecule has 114 valence electrons. The molecule has 0 aliphatic carbocycles. The molecular weight excluding hydrogens is 288 g/mol. The molecule has 0 radical (unpaired) electrons. The predicted octanol–water partition coefficient (Wildman–Crippen LogP) is 1.14. The Morgan fingerprint density at radius 3 is 2.38 bits per heavy atom. The number of guanidine groups is 2. The molecule has 7 heteroatoms. The van der Waals surface area contributed by atoms with Crippen molar-refractivity contribution in [2.24, 2.45) is 0 Å². The summed E-state index contributed by atoms with van der Waals surface area (Å²) in [4.78, 5) is 4.17. The topological polar surface area (TPSA) is 78.2 Å². The van der Waals surface area contributed by atoms with Gasteiger partial charge in [-0.05, 0) is 24.7 Å². The maximum atomic E-state index is 7.99. The molecule has 0 saturated carbocycles. The van der Waals surface area contributed by atoms with Crippen LogP contribution in [0.25, 0.3) is 0 Å². The molecule has 0 aromatic heterocycles. The Balaban J connectivity index is 1.74. The number of benzene rings is 1. The summed E-state index contributed by atoms with van der Waals surface area (Å²) < 4.78 is 0. The average molecular weight is 309 g/mol. The van der Waals surface area contributed by atoms with E-state index in [1.54, 1.807) is 0 Å². The van der Waals surface area contributed by atoms with Crippen molar-refractivity contribution in [3.05, 3.63) is 34.9 Å². The third kappa shape index (κ3) is 4.91. The second-order valence-corrected chi connectivity index (χ2v) is 5.56. The summed E-state index contributed by atoms with van der Waals surface area (Å²) in [6.07, 6.45) is 0. The molecule has 2 rings (SSSR count). The van der Waals surface area contributed by atoms with Gasteiger partial charge in [-0.1, -0.05) is 23.7 Å². The minimum absolute atomic E-state index is 0.133. The summed E-state index contributed by atoms with van der Waals surface area (Å²) in [6, 6.07) is 7.46. The van der Waals surface area contributed by atoms with Crippen LogP contribution >= 0.6 is 11.6 Å². The highest BCUT2D eigenvalue weighted by Gasteiger charge is 2.16. The molecule has 1 aromatic rings. The number of halogens is 1. The number of piperazine rings is 1. The van der Waals surface area contributed by atoms with Crippen LogP contribution < -0.4 is 10.6 Å². The Labute approximate surface area is 130 Å². The van der Waals surface area contributed by atoms with E-state index in [0.717, 1.165) is 31.7 Å². The van der Waals surface area contributed by atoms with Crippen molar-refractivity contribution in [1.82, 2.24) is 20.4 Å². The van der Waals surface area contributed by atoms with Crippen LogP contribution in [0.4, 0.5) is 0 Å². The van der Waals surface area contributed by atoms with E-state index >= 15 is 0 Å². The summed E-state index contributed by atoms with van der Waals surface area (Å²) in [5, 5.41) is 22.3. The van der Waals surface area contributed by atoms with Crippen molar-refractivity contribution in [3.8, 4) is 0 Å². The Kier molecular flexibility index (Phi) is 5.41. The van der Waals surface area contributed by atoms with Gasteiger partial charge in [-0.3, -0.25) is 16.1 Å². The molecule has 4 N–H and O–H groups in total. The van der Waals surface area contributed by atoms with Gasteiger partial charge in [0.25, 0.3) is 0 Å². The van der Waals surface area contributed by atoms with Crippen molar-refractivity contribution in [1.29, 1.82) is 10.8 Å². The second kappa shape index (κ2) is 7.28. The number of hydrogen-bond acceptors (Lipinski definition) is 3. The molecule has 1 fully saturated rings. The lowest BCUT2D eigenvalue weighted by Gasteiger charge is -2.34. The molecule has 0 bridgehead atoms. The average Bonchev–Trinajstić information content (AvgIpc) is 2.47. The molecule has 21 heavy (non-hydrogen) atoms. The predicted molar refractivity (Wildman–Crippen MR) is 86.0 cm³/mol. The van der Waals surface area contributed by atoms with Crippen LogP contribution in [0.5, 0.6) is 0 Å². The SMILES string of the molecule is CN1CCN(C(=N)NC(=N)NCc2ccc(Cl)cc2)CC1. The summed E-state index contributed by atoms with van der Waals surface area (Å²) >= 11 is 5.83. The van der Waals surface area contributed by atoms with Gasteiger partial charge in [-0.2, -0.15) is 0 Å². The molecule has 1 aliphatic rings. The molecule has 1 aliphatic heterocycles. The lowest BCUT2D eigenvalue weighted by Crippen LogP contribution is -2.53. The smallest absolute Gasteiger partial charge is 0.197 e. The minimum Gasteiger partial charge on any atom is -0.352 e. The zero-order valence-electron chi connectivity index (χ0n) is 12.1. The number of hydrogen-bond donors (Lipinski definition) is 4. The number of rotatable bonds is 2. The number of nitrogens with zero attached hydrogens (tertiary/aromatic N) is 2. The van der Waals surface area contributed by atoms with E-state index in [1.807, 2.05) is 29.2 Å². The van der Waals surface area contributed by atoms with Gasteiger partial charge in [0, 0.05) is 37.7 Å². The molecule has 6 nitrogen and oxygen atoms in total. The van der Waals surface area contributed by atoms with Gasteiger partial charge >= 0.3 is 0 Å². The van der Waals surface area contributed by atoms with Crippen LogP contribution in [0.1, 0.15) is 5.56 Å². The van der Waals surface area contributed by atoms with Crippen molar-refractivity contribution >= 4 is 23.5 Å². The minimum atomic E-state index is 0.133. The van der Waals surface area contributed by atoms with E-state index < -0.39 is 0 Å². The van der Waals surface area contributed by atoms with Gasteiger partial charge in [0.15, 0.2) is 11.9 Å². The first-order valence-electron chi connectivity index (χ1n) is 6.90. The molecular formula is C14H21ClN6. The molecule has 0 atom stereocenters. The second-order valence-electron chi connectivity index (χ2n) is 5.12. The first-order chi connectivity index (χ1) is 10.0. The molecule has 0 spiro atoms. The lowest BCUT2D eigenvalue weighted by atomic mass is 10.2. The van der Waals surface area contributed by atoms with Crippen LogP contribution in [-0.4, -0.2) is 54.9 Å². The van der Waals surface area contributed by atoms with Crippen LogP contribution in [-0.2, 0) is 6.54 Å². The standard InChI is InChI=1S/C14H21ClN6/c1-20-6-8-21(9-7-20)14(17)19-13(16)18-10-11-2-4-12(15)5-3-11/h2-5H,6-10H2,1H3,(H4,16,17,18,19). The summed E-state index contributed by atoms with van der Waals surface area (Å²) in [7, 11) is 2.07. The molecule has 0 amide bonds. The zero-order valence-corrected chi connectivity index (χ0v) is 12.9. The fourth-order valence-electron chi connectivity index (χ4n) is 2.06. The highest BCUT2D eigenvalue weighted by Crippen LogP contribution is 2.08. The highest BCUT2D eigenvalue weighted by atomic mass is 35.5. The van der Waals surface area contributed by atoms with Gasteiger partial charge in [-0.15, -0.1) is 0 Å². The molecule has 1 saturated heterocycles. The van der Waals surface area contributed by atoms with Crippen molar-refractivity contribution < 1.29 is 0 Å². The van der Waals surface area contributed by atoms with E-state index in [0.29, 0.717) is 11.6 Å². The van der Waals surface area contributed by atoms with Crippen molar-refractivity contribution in [2.45, 2.75) is 6.54 Å². The van der Waals surface area contributed by atoms with E-state index in [2.05, 4.69) is 22.6 Å². The van der Waals surface area contributed by atoms with E-state index in [9.17, 15) is 0 Å². The normalized spacial score (nSPS) is 15.6. The zero-order chi connectivity index (χ0) is 15.2. The number of nitrogens with one attached hydrogen (secondary N) is 4. The Morgan fingerprint density at radius 2 is 1.76 bits per heavy atom. The quantitative estimate of drug-likeness (QED) is 0.488. The Morgan fingerprint density at radius 1 is 1.14 bits per heavy atom. The summed E-state index contributed by atoms with van der Waals surface area (Å²) in [5.74, 6) is 0.408. The first-order valence-corrected chi connectivity index (χ1v) is 7.28. The number of likely N-dealkylation sites (N-methyl/N-ethyl adjacent to an activating group) is 1. The molecule has 0 unspecified atom stereocenters. The molecule has 1 heterocycles. The third-order valence-electron chi connectivity index (χ3n) is 3.45. The van der Waals surface area contributed by atoms with Crippen LogP contribution in [0.3, 0.4) is 0 Å². The van der Waals surface area contributed by atoms with Crippen molar-refractivity contribution in [3.63, 3.8) is 0 Å². The lowest BCUT2D eigenvalue weighted by molar-refractivity contribution is 0.212. The van der Waals surface area contributed by atoms with Crippen LogP contribution in [0.15, 0.2) is 24.3 Å². The third-order valence-corrected chi connectivity index (χ3v) is 3.70. The Bertz CT molecular complexity index is 493. The van der Waals surface area contributed by atoms with E-state index in [4.69, 9.17) is 22.4 Å². The van der Waals surface area contributed by atoms with Crippen LogP contribution in [0.2, 0.25) is 5.02 Å². The maximum Gasteiger partial charge on any atom is 0.197 e. The molecule has 1 aromatic carbocycles. The van der Waals surface area contributed by atoms with Gasteiger partial charge < -0.3 is 15.1 Å². The van der Waals surface area contributed by atoms with Gasteiger partial charge in [0.2, 0.25) is 0 Å². The van der Waals surface area contributed by atoms with Crippen molar-refractivity contribution in [2.75, 3.05) is 33.2 Å². The van der Waals surface area contributed by atoms with Crippen LogP contribution in [0, 0.1) is 10.8 Å². The van der Waals surface area contributed by atoms with Gasteiger partial charge in [-0.25, -0.2) is 0 Å². The monoisotopic (exact) mass is 308 g/mol. The fraction of sp³-hybridized carbons (Fsp3) is 0.429. The maximum absolute atomic E-state index is 7.99. The highest BCUT2D eigenvalue weighted by molar-refractivity contribution is 6.30. The largest absolute Gasteiger partial charge is 0.352 e. The summed E-state index contributed by atoms with van der Waals surface area (Å²) in [5.41, 5.74) is 1.04.